The second-order valence-corrected chi connectivity index (χ2v) is 6.20. The van der Waals surface area contributed by atoms with Crippen LogP contribution in [-0.4, -0.2) is 40.3 Å². The highest BCUT2D eigenvalue weighted by Gasteiger charge is 2.33. The van der Waals surface area contributed by atoms with Gasteiger partial charge in [0.05, 0.1) is 5.69 Å². The first-order valence-electron chi connectivity index (χ1n) is 8.09. The molecule has 7 nitrogen and oxygen atoms in total. The van der Waals surface area contributed by atoms with Crippen LogP contribution in [0, 0.1) is 0 Å². The number of amides is 2. The number of hydrogen-bond donors (Lipinski definition) is 1. The van der Waals surface area contributed by atoms with E-state index in [0.717, 1.165) is 0 Å². The summed E-state index contributed by atoms with van der Waals surface area (Å²) in [6.07, 6.45) is 0.404. The highest BCUT2D eigenvalue weighted by molar-refractivity contribution is 6.32. The molecule has 0 aliphatic carbocycles. The lowest BCUT2D eigenvalue weighted by Crippen LogP contribution is -2.35. The molecule has 3 rings (SSSR count). The Balaban J connectivity index is 1.59. The Hall–Kier alpha value is -3.19. The quantitative estimate of drug-likeness (QED) is 0.631. The minimum absolute atomic E-state index is 0.126. The maximum atomic E-state index is 12.4. The van der Waals surface area contributed by atoms with Gasteiger partial charge in [-0.15, -0.1) is 0 Å². The number of carbonyl (C=O) groups is 3. The molecule has 2 amide bonds. The second-order valence-electron chi connectivity index (χ2n) is 5.85. The van der Waals surface area contributed by atoms with Gasteiger partial charge in [0.15, 0.2) is 11.3 Å². The molecule has 1 unspecified atom stereocenters. The van der Waals surface area contributed by atoms with E-state index in [1.54, 1.807) is 36.4 Å². The molecule has 1 aromatic carbocycles. The fourth-order valence-corrected chi connectivity index (χ4v) is 2.80. The SMILES string of the molecule is C=C1c2ccccc2C(=O)N1CC(=O)OC(C)C(=O)Nc1cccnc1Cl. The van der Waals surface area contributed by atoms with Crippen LogP contribution in [0.2, 0.25) is 5.15 Å². The Bertz CT molecular complexity index is 909. The van der Waals surface area contributed by atoms with Crippen molar-refractivity contribution in [2.24, 2.45) is 0 Å². The number of halogens is 1. The summed E-state index contributed by atoms with van der Waals surface area (Å²) in [5, 5.41) is 2.66. The number of esters is 1. The predicted molar refractivity (Wildman–Crippen MR) is 99.9 cm³/mol. The molecule has 0 fully saturated rings. The largest absolute Gasteiger partial charge is 0.451 e. The first-order valence-corrected chi connectivity index (χ1v) is 8.47. The van der Waals surface area contributed by atoms with Crippen molar-refractivity contribution in [1.82, 2.24) is 9.88 Å². The summed E-state index contributed by atoms with van der Waals surface area (Å²) in [5.74, 6) is -1.61. The zero-order valence-corrected chi connectivity index (χ0v) is 15.2. The molecule has 1 aromatic heterocycles. The van der Waals surface area contributed by atoms with E-state index in [-0.39, 0.29) is 17.6 Å². The Morgan fingerprint density at radius 1 is 1.26 bits per heavy atom. The topological polar surface area (TPSA) is 88.6 Å². The van der Waals surface area contributed by atoms with Crippen LogP contribution in [-0.2, 0) is 14.3 Å². The standard InChI is InChI=1S/C19H16ClN3O4/c1-11-13-6-3-4-7-14(13)19(26)23(11)10-16(24)27-12(2)18(25)22-15-8-5-9-21-17(15)20/h3-9,12H,1,10H2,2H3,(H,22,25). The van der Waals surface area contributed by atoms with Gasteiger partial charge in [-0.25, -0.2) is 4.98 Å². The maximum absolute atomic E-state index is 12.4. The number of carbonyl (C=O) groups excluding carboxylic acids is 3. The number of pyridine rings is 1. The summed E-state index contributed by atoms with van der Waals surface area (Å²) in [5.41, 5.74) is 1.89. The first-order chi connectivity index (χ1) is 12.9. The highest BCUT2D eigenvalue weighted by Crippen LogP contribution is 2.30. The molecule has 1 N–H and O–H groups in total. The average molecular weight is 386 g/mol. The number of hydrogen-bond acceptors (Lipinski definition) is 5. The van der Waals surface area contributed by atoms with Gasteiger partial charge in [0.25, 0.3) is 11.8 Å². The molecule has 1 aliphatic heterocycles. The maximum Gasteiger partial charge on any atom is 0.326 e. The van der Waals surface area contributed by atoms with Crippen LogP contribution < -0.4 is 5.32 Å². The van der Waals surface area contributed by atoms with Crippen LogP contribution in [0.15, 0.2) is 49.2 Å². The predicted octanol–water partition coefficient (Wildman–Crippen LogP) is 2.73. The van der Waals surface area contributed by atoms with Crippen LogP contribution >= 0.6 is 11.6 Å². The molecule has 0 bridgehead atoms. The van der Waals surface area contributed by atoms with E-state index in [9.17, 15) is 14.4 Å². The summed E-state index contributed by atoms with van der Waals surface area (Å²) >= 11 is 5.88. The number of aromatic nitrogens is 1. The minimum Gasteiger partial charge on any atom is -0.451 e. The van der Waals surface area contributed by atoms with Crippen LogP contribution in [0.25, 0.3) is 5.70 Å². The van der Waals surface area contributed by atoms with Crippen LogP contribution in [0.4, 0.5) is 5.69 Å². The van der Waals surface area contributed by atoms with Crippen molar-refractivity contribution >= 4 is 40.8 Å². The third-order valence-electron chi connectivity index (χ3n) is 4.02. The summed E-state index contributed by atoms with van der Waals surface area (Å²) in [6, 6.07) is 10.1. The molecule has 2 aromatic rings. The van der Waals surface area contributed by atoms with Gasteiger partial charge in [-0.05, 0) is 25.1 Å². The molecule has 0 spiro atoms. The lowest BCUT2D eigenvalue weighted by Gasteiger charge is -2.18. The van der Waals surface area contributed by atoms with Gasteiger partial charge < -0.3 is 10.1 Å². The van der Waals surface area contributed by atoms with Crippen LogP contribution in [0.3, 0.4) is 0 Å². The van der Waals surface area contributed by atoms with E-state index in [4.69, 9.17) is 16.3 Å². The molecule has 0 radical (unpaired) electrons. The zero-order chi connectivity index (χ0) is 19.6. The van der Waals surface area contributed by atoms with E-state index < -0.39 is 18.0 Å². The van der Waals surface area contributed by atoms with E-state index >= 15 is 0 Å². The Labute approximate surface area is 160 Å². The van der Waals surface area contributed by atoms with E-state index in [2.05, 4.69) is 16.9 Å². The Morgan fingerprint density at radius 3 is 2.63 bits per heavy atom. The number of fused-ring (bicyclic) bond motifs is 1. The van der Waals surface area contributed by atoms with Gasteiger partial charge in [-0.2, -0.15) is 0 Å². The summed E-state index contributed by atoms with van der Waals surface area (Å²) in [6.45, 7) is 4.94. The molecule has 138 valence electrons. The summed E-state index contributed by atoms with van der Waals surface area (Å²) in [7, 11) is 0. The fourth-order valence-electron chi connectivity index (χ4n) is 2.63. The van der Waals surface area contributed by atoms with Crippen LogP contribution in [0.1, 0.15) is 22.8 Å². The van der Waals surface area contributed by atoms with Crippen molar-refractivity contribution in [2.45, 2.75) is 13.0 Å². The molecular formula is C19H16ClN3O4. The monoisotopic (exact) mass is 385 g/mol. The number of nitrogens with one attached hydrogen (secondary N) is 1. The number of rotatable bonds is 5. The van der Waals surface area contributed by atoms with Crippen LogP contribution in [0.5, 0.6) is 0 Å². The van der Waals surface area contributed by atoms with E-state index in [1.807, 2.05) is 0 Å². The van der Waals surface area contributed by atoms with Crippen molar-refractivity contribution in [2.75, 3.05) is 11.9 Å². The summed E-state index contributed by atoms with van der Waals surface area (Å²) < 4.78 is 5.13. The first kappa shape index (κ1) is 18.6. The number of nitrogens with zero attached hydrogens (tertiary/aromatic N) is 2. The average Bonchev–Trinajstić information content (AvgIpc) is 2.89. The van der Waals surface area contributed by atoms with E-state index in [1.165, 1.54) is 18.0 Å². The summed E-state index contributed by atoms with van der Waals surface area (Å²) in [4.78, 5) is 41.8. The van der Waals surface area contributed by atoms with Crippen molar-refractivity contribution < 1.29 is 19.1 Å². The molecule has 1 atom stereocenters. The van der Waals surface area contributed by atoms with E-state index in [0.29, 0.717) is 22.5 Å². The lowest BCUT2D eigenvalue weighted by molar-refractivity contribution is -0.153. The van der Waals surface area contributed by atoms with Crippen molar-refractivity contribution in [1.29, 1.82) is 0 Å². The van der Waals surface area contributed by atoms with Gasteiger partial charge in [0, 0.05) is 23.0 Å². The number of anilines is 1. The van der Waals surface area contributed by atoms with Crippen molar-refractivity contribution in [3.8, 4) is 0 Å². The highest BCUT2D eigenvalue weighted by atomic mass is 35.5. The third kappa shape index (κ3) is 3.83. The normalized spacial score (nSPS) is 13.9. The zero-order valence-electron chi connectivity index (χ0n) is 14.4. The molecular weight excluding hydrogens is 370 g/mol. The Morgan fingerprint density at radius 2 is 1.96 bits per heavy atom. The number of benzene rings is 1. The molecule has 8 heteroatoms. The lowest BCUT2D eigenvalue weighted by atomic mass is 10.1. The number of ether oxygens (including phenoxy) is 1. The second kappa shape index (κ2) is 7.59. The van der Waals surface area contributed by atoms with Gasteiger partial charge in [-0.3, -0.25) is 19.3 Å². The fraction of sp³-hybridized carbons (Fsp3) is 0.158. The van der Waals surface area contributed by atoms with Gasteiger partial charge >= 0.3 is 5.97 Å². The molecule has 1 aliphatic rings. The van der Waals surface area contributed by atoms with Crippen molar-refractivity contribution in [3.63, 3.8) is 0 Å². The van der Waals surface area contributed by atoms with Gasteiger partial charge in [-0.1, -0.05) is 36.4 Å². The van der Waals surface area contributed by atoms with Crippen molar-refractivity contribution in [3.05, 3.63) is 65.5 Å². The minimum atomic E-state index is -1.08. The van der Waals surface area contributed by atoms with Gasteiger partial charge in [0.2, 0.25) is 0 Å². The third-order valence-corrected chi connectivity index (χ3v) is 4.32. The Kier molecular flexibility index (Phi) is 5.23. The molecule has 27 heavy (non-hydrogen) atoms. The smallest absolute Gasteiger partial charge is 0.326 e. The molecule has 0 saturated carbocycles. The molecule has 2 heterocycles. The molecule has 0 saturated heterocycles. The van der Waals surface area contributed by atoms with Gasteiger partial charge in [0.1, 0.15) is 6.54 Å².